The van der Waals surface area contributed by atoms with Gasteiger partial charge < -0.3 is 29.4 Å². The molecular formula is C33H36N2O6. The molecule has 0 amide bonds. The molecule has 8 nitrogen and oxygen atoms in total. The number of hydrogen-bond acceptors (Lipinski definition) is 8. The molecule has 1 unspecified atom stereocenters. The molecule has 2 N–H and O–H groups in total. The van der Waals surface area contributed by atoms with E-state index in [1.165, 1.54) is 19.3 Å². The summed E-state index contributed by atoms with van der Waals surface area (Å²) in [5.74, 6) is 1.42. The summed E-state index contributed by atoms with van der Waals surface area (Å²) in [5.41, 5.74) is 8.33. The van der Waals surface area contributed by atoms with E-state index in [2.05, 4.69) is 13.0 Å². The molecule has 0 saturated carbocycles. The minimum absolute atomic E-state index is 0.00994. The molecule has 0 spiro atoms. The molecule has 0 aliphatic carbocycles. The largest absolute Gasteiger partial charge is 0.494 e. The smallest absolute Gasteiger partial charge is 0.343 e. The highest BCUT2D eigenvalue weighted by atomic mass is 16.5. The number of rotatable bonds is 13. The topological polar surface area (TPSA) is 113 Å². The number of allylic oxidation sites excluding steroid dienone is 1. The zero-order valence-corrected chi connectivity index (χ0v) is 23.8. The summed E-state index contributed by atoms with van der Waals surface area (Å²) in [6.07, 6.45) is 5.73. The maximum absolute atomic E-state index is 12.8. The molecule has 3 aromatic rings. The molecule has 8 heteroatoms. The Balaban J connectivity index is 1.56. The Morgan fingerprint density at radius 3 is 2.54 bits per heavy atom. The van der Waals surface area contributed by atoms with Crippen LogP contribution in [0.15, 0.2) is 72.1 Å². The molecule has 4 rings (SSSR count). The zero-order chi connectivity index (χ0) is 29.2. The Morgan fingerprint density at radius 2 is 1.78 bits per heavy atom. The fourth-order valence-electron chi connectivity index (χ4n) is 4.76. The van der Waals surface area contributed by atoms with Gasteiger partial charge in [0.05, 0.1) is 31.8 Å². The summed E-state index contributed by atoms with van der Waals surface area (Å²) < 4.78 is 28.5. The van der Waals surface area contributed by atoms with Crippen LogP contribution in [0.5, 0.6) is 28.7 Å². The van der Waals surface area contributed by atoms with Crippen molar-refractivity contribution in [3.63, 3.8) is 0 Å². The normalized spacial score (nSPS) is 14.0. The molecule has 0 aromatic heterocycles. The summed E-state index contributed by atoms with van der Waals surface area (Å²) in [7, 11) is 1.59. The third-order valence-corrected chi connectivity index (χ3v) is 6.81. The molecule has 1 aliphatic heterocycles. The summed E-state index contributed by atoms with van der Waals surface area (Å²) in [6.45, 7) is 5.16. The number of nitrogens with zero attached hydrogens (tertiary/aromatic N) is 1. The standard InChI is InChI=1S/C33H36N2O6/c1-4-6-7-8-9-17-39-28-16-13-22(19-30(28)37-3)31-26-15-14-25(20-29(26)41-32(35)27(31)21-34)40-33(36)23-11-10-12-24(18-23)38-5-2/h10-16,18-20,31H,4-9,17,35H2,1-3H3. The lowest BCUT2D eigenvalue weighted by molar-refractivity contribution is 0.0734. The van der Waals surface area contributed by atoms with Crippen molar-refractivity contribution in [1.82, 2.24) is 0 Å². The first kappa shape index (κ1) is 29.3. The number of nitrogens with two attached hydrogens (primary N) is 1. The summed E-state index contributed by atoms with van der Waals surface area (Å²) in [4.78, 5) is 12.8. The van der Waals surface area contributed by atoms with Crippen molar-refractivity contribution in [2.24, 2.45) is 5.73 Å². The van der Waals surface area contributed by atoms with Gasteiger partial charge in [0, 0.05) is 11.6 Å². The molecular weight excluding hydrogens is 520 g/mol. The number of hydrogen-bond donors (Lipinski definition) is 1. The van der Waals surface area contributed by atoms with E-state index in [0.29, 0.717) is 47.3 Å². The van der Waals surface area contributed by atoms with Gasteiger partial charge in [0.25, 0.3) is 0 Å². The highest BCUT2D eigenvalue weighted by Crippen LogP contribution is 2.45. The highest BCUT2D eigenvalue weighted by molar-refractivity contribution is 5.91. The average Bonchev–Trinajstić information content (AvgIpc) is 2.98. The van der Waals surface area contributed by atoms with Crippen molar-refractivity contribution in [3.05, 3.63) is 88.8 Å². The monoisotopic (exact) mass is 556 g/mol. The maximum Gasteiger partial charge on any atom is 0.343 e. The molecule has 41 heavy (non-hydrogen) atoms. The second-order valence-corrected chi connectivity index (χ2v) is 9.65. The minimum atomic E-state index is -0.536. The number of carbonyl (C=O) groups excluding carboxylic acids is 1. The maximum atomic E-state index is 12.8. The second kappa shape index (κ2) is 14.1. The molecule has 1 heterocycles. The van der Waals surface area contributed by atoms with E-state index in [9.17, 15) is 10.1 Å². The first-order valence-corrected chi connectivity index (χ1v) is 14.0. The lowest BCUT2D eigenvalue weighted by atomic mass is 9.83. The number of unbranched alkanes of at least 4 members (excludes halogenated alkanes) is 4. The number of fused-ring (bicyclic) bond motifs is 1. The van der Waals surface area contributed by atoms with Gasteiger partial charge >= 0.3 is 5.97 Å². The average molecular weight is 557 g/mol. The van der Waals surface area contributed by atoms with E-state index in [1.807, 2.05) is 25.1 Å². The van der Waals surface area contributed by atoms with Gasteiger partial charge in [-0.15, -0.1) is 0 Å². The minimum Gasteiger partial charge on any atom is -0.494 e. The molecule has 0 saturated heterocycles. The van der Waals surface area contributed by atoms with Crippen LogP contribution in [0.3, 0.4) is 0 Å². The first-order chi connectivity index (χ1) is 20.0. The van der Waals surface area contributed by atoms with E-state index in [1.54, 1.807) is 49.6 Å². The Morgan fingerprint density at radius 1 is 0.951 bits per heavy atom. The molecule has 0 bridgehead atoms. The highest BCUT2D eigenvalue weighted by Gasteiger charge is 2.32. The molecule has 0 fully saturated rings. The SMILES string of the molecule is CCCCCCCOc1ccc(C2C(C#N)=C(N)Oc3cc(OC(=O)c4cccc(OCC)c4)ccc32)cc1OC. The third kappa shape index (κ3) is 7.12. The lowest BCUT2D eigenvalue weighted by Gasteiger charge is -2.27. The lowest BCUT2D eigenvalue weighted by Crippen LogP contribution is -2.21. The fraction of sp³-hybridized carbons (Fsp3) is 0.333. The van der Waals surface area contributed by atoms with Gasteiger partial charge in [-0.05, 0) is 55.3 Å². The van der Waals surface area contributed by atoms with Crippen molar-refractivity contribution >= 4 is 5.97 Å². The quantitative estimate of drug-likeness (QED) is 0.138. The summed E-state index contributed by atoms with van der Waals surface area (Å²) >= 11 is 0. The number of methoxy groups -OCH3 is 1. The summed E-state index contributed by atoms with van der Waals surface area (Å²) in [6, 6.07) is 19.6. The van der Waals surface area contributed by atoms with E-state index >= 15 is 0 Å². The van der Waals surface area contributed by atoms with Gasteiger partial charge in [0.1, 0.15) is 28.9 Å². The Bertz CT molecular complexity index is 1440. The molecule has 214 valence electrons. The summed E-state index contributed by atoms with van der Waals surface area (Å²) in [5, 5.41) is 9.96. The van der Waals surface area contributed by atoms with Crippen LogP contribution in [0, 0.1) is 11.3 Å². The fourth-order valence-corrected chi connectivity index (χ4v) is 4.76. The number of ether oxygens (including phenoxy) is 5. The van der Waals surface area contributed by atoms with Crippen molar-refractivity contribution in [1.29, 1.82) is 5.26 Å². The van der Waals surface area contributed by atoms with Gasteiger partial charge in [-0.25, -0.2) is 4.79 Å². The number of carbonyl (C=O) groups is 1. The van der Waals surface area contributed by atoms with Gasteiger partial charge in [0.2, 0.25) is 5.88 Å². The second-order valence-electron chi connectivity index (χ2n) is 9.65. The Hall–Kier alpha value is -4.64. The van der Waals surface area contributed by atoms with Crippen LogP contribution in [-0.4, -0.2) is 26.3 Å². The third-order valence-electron chi connectivity index (χ3n) is 6.81. The number of esters is 1. The first-order valence-electron chi connectivity index (χ1n) is 14.0. The van der Waals surface area contributed by atoms with Crippen LogP contribution in [0.2, 0.25) is 0 Å². The van der Waals surface area contributed by atoms with Gasteiger partial charge in [-0.3, -0.25) is 0 Å². The van der Waals surface area contributed by atoms with E-state index in [-0.39, 0.29) is 17.2 Å². The Labute approximate surface area is 241 Å². The van der Waals surface area contributed by atoms with Crippen LogP contribution in [-0.2, 0) is 0 Å². The van der Waals surface area contributed by atoms with Gasteiger partial charge in [0.15, 0.2) is 11.5 Å². The van der Waals surface area contributed by atoms with Crippen molar-refractivity contribution in [2.75, 3.05) is 20.3 Å². The van der Waals surface area contributed by atoms with Crippen molar-refractivity contribution in [2.45, 2.75) is 51.9 Å². The molecule has 1 atom stereocenters. The predicted molar refractivity (Wildman–Crippen MR) is 156 cm³/mol. The van der Waals surface area contributed by atoms with Crippen LogP contribution in [0.25, 0.3) is 0 Å². The van der Waals surface area contributed by atoms with Crippen LogP contribution >= 0.6 is 0 Å². The Kier molecular flexibility index (Phi) is 10.1. The van der Waals surface area contributed by atoms with E-state index in [0.717, 1.165) is 18.4 Å². The van der Waals surface area contributed by atoms with Crippen molar-refractivity contribution < 1.29 is 28.5 Å². The number of nitriles is 1. The van der Waals surface area contributed by atoms with E-state index in [4.69, 9.17) is 29.4 Å². The van der Waals surface area contributed by atoms with Crippen LogP contribution < -0.4 is 29.4 Å². The van der Waals surface area contributed by atoms with Crippen LogP contribution in [0.4, 0.5) is 0 Å². The zero-order valence-electron chi connectivity index (χ0n) is 23.8. The molecule has 3 aromatic carbocycles. The predicted octanol–water partition coefficient (Wildman–Crippen LogP) is 6.88. The van der Waals surface area contributed by atoms with Crippen molar-refractivity contribution in [3.8, 4) is 34.8 Å². The molecule has 1 aliphatic rings. The van der Waals surface area contributed by atoms with Gasteiger partial charge in [-0.1, -0.05) is 50.8 Å². The molecule has 0 radical (unpaired) electrons. The van der Waals surface area contributed by atoms with Gasteiger partial charge in [-0.2, -0.15) is 5.26 Å². The van der Waals surface area contributed by atoms with E-state index < -0.39 is 11.9 Å². The van der Waals surface area contributed by atoms with Crippen LogP contribution in [0.1, 0.15) is 73.4 Å². The number of benzene rings is 3.